The number of hydrogen-bond acceptors (Lipinski definition) is 5. The van der Waals surface area contributed by atoms with Gasteiger partial charge in [0.2, 0.25) is 0 Å². The maximum atomic E-state index is 5.66. The molecule has 0 bridgehead atoms. The van der Waals surface area contributed by atoms with Crippen LogP contribution < -0.4 is 25.0 Å². The summed E-state index contributed by atoms with van der Waals surface area (Å²) in [5.41, 5.74) is 1.12. The first-order valence-corrected chi connectivity index (χ1v) is 10.7. The van der Waals surface area contributed by atoms with Crippen LogP contribution >= 0.6 is 35.3 Å². The second kappa shape index (κ2) is 12.1. The molecule has 2 N–H and O–H groups in total. The number of rotatable bonds is 7. The maximum absolute atomic E-state index is 5.66. The summed E-state index contributed by atoms with van der Waals surface area (Å²) < 4.78 is 11.0. The molecule has 160 valence electrons. The Morgan fingerprint density at radius 1 is 1.24 bits per heavy atom. The molecular formula is C21H31IN4O2S. The van der Waals surface area contributed by atoms with Gasteiger partial charge in [-0.05, 0) is 55.0 Å². The van der Waals surface area contributed by atoms with E-state index in [1.54, 1.807) is 7.11 Å². The van der Waals surface area contributed by atoms with Crippen LogP contribution in [0.5, 0.6) is 11.5 Å². The number of nitrogens with zero attached hydrogens (tertiary/aromatic N) is 2. The first kappa shape index (κ1) is 23.6. The van der Waals surface area contributed by atoms with Gasteiger partial charge in [-0.1, -0.05) is 6.07 Å². The van der Waals surface area contributed by atoms with Crippen molar-refractivity contribution < 1.29 is 9.47 Å². The number of thiophene rings is 1. The number of piperidine rings is 1. The minimum absolute atomic E-state index is 0. The molecule has 3 rings (SSSR count). The quantitative estimate of drug-likeness (QED) is 0.321. The zero-order chi connectivity index (χ0) is 19.8. The van der Waals surface area contributed by atoms with E-state index < -0.39 is 0 Å². The van der Waals surface area contributed by atoms with Crippen molar-refractivity contribution in [3.05, 3.63) is 41.3 Å². The standard InChI is InChI=1S/C21H30N4O2S.HI/c1-4-27-19-14-16(7-8-18(19)26-3)15-23-21(22-2)24-17-9-11-25(12-10-17)20-6-5-13-28-20;/h5-8,13-14,17H,4,9-12,15H2,1-3H3,(H2,22,23,24);1H. The highest BCUT2D eigenvalue weighted by atomic mass is 127. The Hall–Kier alpha value is -1.68. The average Bonchev–Trinajstić information content (AvgIpc) is 3.27. The number of guanidine groups is 1. The van der Waals surface area contributed by atoms with E-state index in [0.717, 1.165) is 49.0 Å². The highest BCUT2D eigenvalue weighted by molar-refractivity contribution is 14.0. The van der Waals surface area contributed by atoms with Gasteiger partial charge in [-0.3, -0.25) is 4.99 Å². The van der Waals surface area contributed by atoms with Crippen molar-refractivity contribution in [2.75, 3.05) is 38.8 Å². The summed E-state index contributed by atoms with van der Waals surface area (Å²) in [6, 6.07) is 10.8. The maximum Gasteiger partial charge on any atom is 0.191 e. The zero-order valence-corrected chi connectivity index (χ0v) is 20.5. The fourth-order valence-electron chi connectivity index (χ4n) is 3.37. The predicted octanol–water partition coefficient (Wildman–Crippen LogP) is 4.11. The van der Waals surface area contributed by atoms with Gasteiger partial charge in [-0.2, -0.15) is 0 Å². The summed E-state index contributed by atoms with van der Waals surface area (Å²) in [6.07, 6.45) is 2.21. The van der Waals surface area contributed by atoms with E-state index in [1.807, 2.05) is 43.5 Å². The van der Waals surface area contributed by atoms with E-state index in [0.29, 0.717) is 19.2 Å². The summed E-state index contributed by atoms with van der Waals surface area (Å²) in [4.78, 5) is 6.85. The summed E-state index contributed by atoms with van der Waals surface area (Å²) in [7, 11) is 3.47. The van der Waals surface area contributed by atoms with E-state index in [2.05, 4.69) is 38.0 Å². The molecule has 2 aromatic rings. The molecule has 1 aromatic heterocycles. The Bertz CT molecular complexity index is 762. The second-order valence-corrected chi connectivity index (χ2v) is 7.63. The van der Waals surface area contributed by atoms with Gasteiger partial charge in [0.15, 0.2) is 17.5 Å². The fraction of sp³-hybridized carbons (Fsp3) is 0.476. The molecule has 1 aliphatic heterocycles. The molecule has 29 heavy (non-hydrogen) atoms. The molecule has 0 spiro atoms. The van der Waals surface area contributed by atoms with Gasteiger partial charge in [0, 0.05) is 32.7 Å². The number of nitrogens with one attached hydrogen (secondary N) is 2. The lowest BCUT2D eigenvalue weighted by Gasteiger charge is -2.33. The molecule has 2 heterocycles. The Kier molecular flexibility index (Phi) is 9.86. The summed E-state index contributed by atoms with van der Waals surface area (Å²) in [6.45, 7) is 5.41. The molecule has 0 amide bonds. The molecule has 6 nitrogen and oxygen atoms in total. The van der Waals surface area contributed by atoms with Gasteiger partial charge in [-0.25, -0.2) is 0 Å². The van der Waals surface area contributed by atoms with E-state index in [-0.39, 0.29) is 24.0 Å². The predicted molar refractivity (Wildman–Crippen MR) is 132 cm³/mol. The third-order valence-electron chi connectivity index (χ3n) is 4.87. The van der Waals surface area contributed by atoms with Crippen LogP contribution in [0.15, 0.2) is 40.7 Å². The third kappa shape index (κ3) is 6.67. The van der Waals surface area contributed by atoms with Crippen LogP contribution in [-0.2, 0) is 6.54 Å². The van der Waals surface area contributed by atoms with Gasteiger partial charge in [-0.15, -0.1) is 35.3 Å². The summed E-state index contributed by atoms with van der Waals surface area (Å²) in [5.74, 6) is 2.36. The van der Waals surface area contributed by atoms with Gasteiger partial charge >= 0.3 is 0 Å². The fourth-order valence-corrected chi connectivity index (χ4v) is 4.15. The number of benzene rings is 1. The Morgan fingerprint density at radius 3 is 2.66 bits per heavy atom. The van der Waals surface area contributed by atoms with Crippen LogP contribution in [-0.4, -0.2) is 45.9 Å². The summed E-state index contributed by atoms with van der Waals surface area (Å²) in [5, 5.41) is 10.5. The number of methoxy groups -OCH3 is 1. The van der Waals surface area contributed by atoms with E-state index in [9.17, 15) is 0 Å². The molecule has 0 saturated carbocycles. The van der Waals surface area contributed by atoms with Crippen molar-refractivity contribution in [2.24, 2.45) is 4.99 Å². The molecule has 0 unspecified atom stereocenters. The van der Waals surface area contributed by atoms with Gasteiger partial charge in [0.25, 0.3) is 0 Å². The normalized spacial score (nSPS) is 14.9. The first-order chi connectivity index (χ1) is 13.7. The van der Waals surface area contributed by atoms with Crippen molar-refractivity contribution in [1.29, 1.82) is 0 Å². The van der Waals surface area contributed by atoms with Gasteiger partial charge < -0.3 is 25.0 Å². The van der Waals surface area contributed by atoms with Crippen molar-refractivity contribution in [3.8, 4) is 11.5 Å². The second-order valence-electron chi connectivity index (χ2n) is 6.70. The number of anilines is 1. The minimum atomic E-state index is 0. The van der Waals surface area contributed by atoms with E-state index in [1.165, 1.54) is 5.00 Å². The molecular weight excluding hydrogens is 499 g/mol. The SMILES string of the molecule is CCOc1cc(CNC(=NC)NC2CCN(c3cccs3)CC2)ccc1OC.I. The lowest BCUT2D eigenvalue weighted by atomic mass is 10.1. The number of halogens is 1. The Labute approximate surface area is 194 Å². The monoisotopic (exact) mass is 530 g/mol. The topological polar surface area (TPSA) is 58.1 Å². The average molecular weight is 530 g/mol. The molecule has 1 aromatic carbocycles. The smallest absolute Gasteiger partial charge is 0.191 e. The number of aliphatic imine (C=N–C) groups is 1. The number of ether oxygens (including phenoxy) is 2. The first-order valence-electron chi connectivity index (χ1n) is 9.78. The van der Waals surface area contributed by atoms with Crippen LogP contribution in [0.2, 0.25) is 0 Å². The molecule has 0 aliphatic carbocycles. The summed E-state index contributed by atoms with van der Waals surface area (Å²) >= 11 is 1.81. The zero-order valence-electron chi connectivity index (χ0n) is 17.3. The van der Waals surface area contributed by atoms with Crippen molar-refractivity contribution >= 4 is 46.3 Å². The molecule has 8 heteroatoms. The molecule has 1 saturated heterocycles. The largest absolute Gasteiger partial charge is 0.493 e. The Morgan fingerprint density at radius 2 is 2.03 bits per heavy atom. The van der Waals surface area contributed by atoms with Gasteiger partial charge in [0.05, 0.1) is 18.7 Å². The minimum Gasteiger partial charge on any atom is -0.493 e. The van der Waals surface area contributed by atoms with Crippen molar-refractivity contribution in [2.45, 2.75) is 32.4 Å². The van der Waals surface area contributed by atoms with Crippen LogP contribution in [0.4, 0.5) is 5.00 Å². The van der Waals surface area contributed by atoms with Crippen LogP contribution in [0.1, 0.15) is 25.3 Å². The Balaban J connectivity index is 0.00000300. The van der Waals surface area contributed by atoms with Crippen LogP contribution in [0.25, 0.3) is 0 Å². The van der Waals surface area contributed by atoms with E-state index >= 15 is 0 Å². The highest BCUT2D eigenvalue weighted by Crippen LogP contribution is 2.28. The molecule has 0 atom stereocenters. The lowest BCUT2D eigenvalue weighted by molar-refractivity contribution is 0.310. The lowest BCUT2D eigenvalue weighted by Crippen LogP contribution is -2.48. The third-order valence-corrected chi connectivity index (χ3v) is 5.79. The van der Waals surface area contributed by atoms with Crippen LogP contribution in [0, 0.1) is 0 Å². The molecule has 1 fully saturated rings. The van der Waals surface area contributed by atoms with Crippen molar-refractivity contribution in [1.82, 2.24) is 10.6 Å². The van der Waals surface area contributed by atoms with Gasteiger partial charge in [0.1, 0.15) is 0 Å². The molecule has 0 radical (unpaired) electrons. The molecule has 1 aliphatic rings. The van der Waals surface area contributed by atoms with Crippen LogP contribution in [0.3, 0.4) is 0 Å². The van der Waals surface area contributed by atoms with Crippen molar-refractivity contribution in [3.63, 3.8) is 0 Å². The number of hydrogen-bond donors (Lipinski definition) is 2. The van der Waals surface area contributed by atoms with E-state index in [4.69, 9.17) is 9.47 Å². The highest BCUT2D eigenvalue weighted by Gasteiger charge is 2.20.